The fourth-order valence-corrected chi connectivity index (χ4v) is 1.15. The smallest absolute Gasteiger partial charge is 0.176 e. The highest BCUT2D eigenvalue weighted by atomic mass is 16.5. The lowest BCUT2D eigenvalue weighted by atomic mass is 10.1. The van der Waals surface area contributed by atoms with Gasteiger partial charge in [0, 0.05) is 5.56 Å². The number of hydrogen-bond acceptors (Lipinski definition) is 3. The Kier molecular flexibility index (Phi) is 4.39. The third kappa shape index (κ3) is 3.45. The predicted molar refractivity (Wildman–Crippen MR) is 59.0 cm³/mol. The number of carbonyl (C=O) groups is 1. The van der Waals surface area contributed by atoms with E-state index >= 15 is 0 Å². The molecule has 0 radical (unpaired) electrons. The van der Waals surface area contributed by atoms with Crippen LogP contribution in [0.5, 0.6) is 5.75 Å². The van der Waals surface area contributed by atoms with Gasteiger partial charge in [0.15, 0.2) is 5.78 Å². The van der Waals surface area contributed by atoms with Crippen LogP contribution in [0.1, 0.15) is 10.4 Å². The SMILES string of the molecule is C#CCNCC(=O)c1cccc(OC)c1. The standard InChI is InChI=1S/C12H13NO2/c1-3-7-13-9-12(14)10-5-4-6-11(8-10)15-2/h1,4-6,8,13H,7,9H2,2H3. The van der Waals surface area contributed by atoms with E-state index < -0.39 is 0 Å². The summed E-state index contributed by atoms with van der Waals surface area (Å²) < 4.78 is 5.03. The fourth-order valence-electron chi connectivity index (χ4n) is 1.15. The molecule has 1 N–H and O–H groups in total. The molecule has 3 heteroatoms. The zero-order chi connectivity index (χ0) is 11.1. The summed E-state index contributed by atoms with van der Waals surface area (Å²) in [4.78, 5) is 11.6. The van der Waals surface area contributed by atoms with Gasteiger partial charge in [-0.1, -0.05) is 18.1 Å². The Bertz CT molecular complexity index is 379. The number of terminal acetylenes is 1. The van der Waals surface area contributed by atoms with Crippen LogP contribution < -0.4 is 10.1 Å². The van der Waals surface area contributed by atoms with E-state index in [1.165, 1.54) is 0 Å². The van der Waals surface area contributed by atoms with Crippen LogP contribution in [0, 0.1) is 12.3 Å². The highest BCUT2D eigenvalue weighted by Gasteiger charge is 2.05. The van der Waals surface area contributed by atoms with Gasteiger partial charge in [-0.25, -0.2) is 0 Å². The molecule has 0 bridgehead atoms. The maximum Gasteiger partial charge on any atom is 0.176 e. The second-order valence-corrected chi connectivity index (χ2v) is 2.96. The first kappa shape index (κ1) is 11.3. The quantitative estimate of drug-likeness (QED) is 0.442. The van der Waals surface area contributed by atoms with E-state index in [0.717, 1.165) is 0 Å². The van der Waals surface area contributed by atoms with Crippen molar-refractivity contribution in [1.29, 1.82) is 0 Å². The number of Topliss-reactive ketones (excluding diaryl/α,β-unsaturated/α-hetero) is 1. The first-order valence-corrected chi connectivity index (χ1v) is 4.59. The van der Waals surface area contributed by atoms with Crippen molar-refractivity contribution in [2.24, 2.45) is 0 Å². The van der Waals surface area contributed by atoms with E-state index in [1.807, 2.05) is 0 Å². The fraction of sp³-hybridized carbons (Fsp3) is 0.250. The summed E-state index contributed by atoms with van der Waals surface area (Å²) in [6, 6.07) is 7.04. The minimum Gasteiger partial charge on any atom is -0.497 e. The zero-order valence-electron chi connectivity index (χ0n) is 8.62. The first-order valence-electron chi connectivity index (χ1n) is 4.59. The second kappa shape index (κ2) is 5.84. The molecule has 0 aliphatic heterocycles. The third-order valence-electron chi connectivity index (χ3n) is 1.90. The van der Waals surface area contributed by atoms with E-state index in [1.54, 1.807) is 31.4 Å². The Hall–Kier alpha value is -1.79. The second-order valence-electron chi connectivity index (χ2n) is 2.96. The minimum atomic E-state index is 0.00384. The van der Waals surface area contributed by atoms with Crippen molar-refractivity contribution in [2.75, 3.05) is 20.2 Å². The molecule has 0 fully saturated rings. The number of methoxy groups -OCH3 is 1. The van der Waals surface area contributed by atoms with E-state index in [2.05, 4.69) is 11.2 Å². The molecule has 1 aromatic carbocycles. The third-order valence-corrected chi connectivity index (χ3v) is 1.90. The molecular formula is C12H13NO2. The van der Waals surface area contributed by atoms with Crippen LogP contribution in [-0.4, -0.2) is 26.0 Å². The number of hydrogen-bond donors (Lipinski definition) is 1. The lowest BCUT2D eigenvalue weighted by Gasteiger charge is -2.03. The van der Waals surface area contributed by atoms with Crippen molar-refractivity contribution in [1.82, 2.24) is 5.32 Å². The van der Waals surface area contributed by atoms with Crippen molar-refractivity contribution in [3.8, 4) is 18.1 Å². The van der Waals surface area contributed by atoms with Gasteiger partial charge in [-0.05, 0) is 12.1 Å². The molecule has 0 unspecified atom stereocenters. The number of carbonyl (C=O) groups excluding carboxylic acids is 1. The van der Waals surface area contributed by atoms with Crippen LogP contribution in [0.2, 0.25) is 0 Å². The molecule has 0 saturated heterocycles. The minimum absolute atomic E-state index is 0.00384. The van der Waals surface area contributed by atoms with Crippen LogP contribution in [0.4, 0.5) is 0 Å². The van der Waals surface area contributed by atoms with Crippen LogP contribution in [0.25, 0.3) is 0 Å². The van der Waals surface area contributed by atoms with E-state index in [4.69, 9.17) is 11.2 Å². The molecular weight excluding hydrogens is 190 g/mol. The molecule has 1 aromatic rings. The number of ether oxygens (including phenoxy) is 1. The molecule has 0 aliphatic rings. The van der Waals surface area contributed by atoms with Gasteiger partial charge in [0.1, 0.15) is 5.75 Å². The number of rotatable bonds is 5. The largest absolute Gasteiger partial charge is 0.497 e. The normalized spacial score (nSPS) is 9.33. The molecule has 78 valence electrons. The van der Waals surface area contributed by atoms with Crippen molar-refractivity contribution in [3.05, 3.63) is 29.8 Å². The summed E-state index contributed by atoms with van der Waals surface area (Å²) in [5.41, 5.74) is 0.624. The van der Waals surface area contributed by atoms with Crippen molar-refractivity contribution < 1.29 is 9.53 Å². The molecule has 1 rings (SSSR count). The Morgan fingerprint density at radius 1 is 1.60 bits per heavy atom. The van der Waals surface area contributed by atoms with Gasteiger partial charge in [-0.15, -0.1) is 6.42 Å². The van der Waals surface area contributed by atoms with Crippen LogP contribution in [-0.2, 0) is 0 Å². The Labute approximate surface area is 89.4 Å². The van der Waals surface area contributed by atoms with Gasteiger partial charge in [0.25, 0.3) is 0 Å². The molecule has 15 heavy (non-hydrogen) atoms. The molecule has 0 heterocycles. The highest BCUT2D eigenvalue weighted by molar-refractivity contribution is 5.97. The summed E-state index contributed by atoms with van der Waals surface area (Å²) in [5.74, 6) is 3.09. The van der Waals surface area contributed by atoms with E-state index in [-0.39, 0.29) is 12.3 Å². The summed E-state index contributed by atoms with van der Waals surface area (Å²) in [5, 5.41) is 2.84. The molecule has 0 spiro atoms. The van der Waals surface area contributed by atoms with Crippen LogP contribution in [0.3, 0.4) is 0 Å². The van der Waals surface area contributed by atoms with Crippen molar-refractivity contribution in [3.63, 3.8) is 0 Å². The van der Waals surface area contributed by atoms with Gasteiger partial charge in [0.05, 0.1) is 20.2 Å². The number of benzene rings is 1. The van der Waals surface area contributed by atoms with Crippen LogP contribution >= 0.6 is 0 Å². The predicted octanol–water partition coefficient (Wildman–Crippen LogP) is 1.10. The van der Waals surface area contributed by atoms with Gasteiger partial charge in [-0.3, -0.25) is 10.1 Å². The van der Waals surface area contributed by atoms with Gasteiger partial charge in [0.2, 0.25) is 0 Å². The summed E-state index contributed by atoms with van der Waals surface area (Å²) in [7, 11) is 1.57. The van der Waals surface area contributed by atoms with Crippen molar-refractivity contribution >= 4 is 5.78 Å². The topological polar surface area (TPSA) is 38.3 Å². The lowest BCUT2D eigenvalue weighted by Crippen LogP contribution is -2.23. The number of nitrogens with one attached hydrogen (secondary N) is 1. The van der Waals surface area contributed by atoms with E-state index in [9.17, 15) is 4.79 Å². The Morgan fingerprint density at radius 3 is 3.07 bits per heavy atom. The van der Waals surface area contributed by atoms with Crippen molar-refractivity contribution in [2.45, 2.75) is 0 Å². The maximum atomic E-state index is 11.6. The Balaban J connectivity index is 2.61. The molecule has 0 saturated carbocycles. The Morgan fingerprint density at radius 2 is 2.40 bits per heavy atom. The first-order chi connectivity index (χ1) is 7.27. The van der Waals surface area contributed by atoms with Gasteiger partial charge in [-0.2, -0.15) is 0 Å². The monoisotopic (exact) mass is 203 g/mol. The van der Waals surface area contributed by atoms with Gasteiger partial charge >= 0.3 is 0 Å². The molecule has 0 atom stereocenters. The van der Waals surface area contributed by atoms with Gasteiger partial charge < -0.3 is 4.74 Å². The zero-order valence-corrected chi connectivity index (χ0v) is 8.62. The summed E-state index contributed by atoms with van der Waals surface area (Å²) in [6.45, 7) is 0.646. The average Bonchev–Trinajstić information content (AvgIpc) is 2.29. The molecule has 3 nitrogen and oxygen atoms in total. The highest BCUT2D eigenvalue weighted by Crippen LogP contribution is 2.12. The summed E-state index contributed by atoms with van der Waals surface area (Å²) >= 11 is 0. The average molecular weight is 203 g/mol. The summed E-state index contributed by atoms with van der Waals surface area (Å²) in [6.07, 6.45) is 5.06. The molecule has 0 aliphatic carbocycles. The van der Waals surface area contributed by atoms with Crippen LogP contribution in [0.15, 0.2) is 24.3 Å². The molecule has 0 aromatic heterocycles. The van der Waals surface area contributed by atoms with E-state index in [0.29, 0.717) is 17.9 Å². The maximum absolute atomic E-state index is 11.6. The molecule has 0 amide bonds. The number of ketones is 1. The lowest BCUT2D eigenvalue weighted by molar-refractivity contribution is 0.0992.